The van der Waals surface area contributed by atoms with E-state index in [1.807, 2.05) is 0 Å². The minimum Gasteiger partial charge on any atom is -0.468 e. The molecule has 1 rings (SSSR count). The summed E-state index contributed by atoms with van der Waals surface area (Å²) < 4.78 is 9.21. The quantitative estimate of drug-likeness (QED) is 0.747. The van der Waals surface area contributed by atoms with Gasteiger partial charge in [-0.1, -0.05) is 0 Å². The molecule has 0 aliphatic carbocycles. The number of ether oxygens (including phenoxy) is 2. The Morgan fingerprint density at radius 1 is 1.20 bits per heavy atom. The summed E-state index contributed by atoms with van der Waals surface area (Å²) in [6.45, 7) is 1.64. The lowest BCUT2D eigenvalue weighted by Gasteiger charge is -2.22. The van der Waals surface area contributed by atoms with Gasteiger partial charge in [0.2, 0.25) is 0 Å². The van der Waals surface area contributed by atoms with E-state index in [9.17, 15) is 9.59 Å². The van der Waals surface area contributed by atoms with E-state index in [4.69, 9.17) is 5.26 Å². The third-order valence-corrected chi connectivity index (χ3v) is 2.79. The number of esters is 2. The van der Waals surface area contributed by atoms with Crippen molar-refractivity contribution in [1.82, 2.24) is 0 Å². The fraction of sp³-hybridized carbons (Fsp3) is 0.357. The van der Waals surface area contributed by atoms with Gasteiger partial charge in [0.1, 0.15) is 13.1 Å². The Labute approximate surface area is 117 Å². The number of anilines is 1. The first-order valence-corrected chi connectivity index (χ1v) is 5.91. The second-order valence-electron chi connectivity index (χ2n) is 4.12. The van der Waals surface area contributed by atoms with Gasteiger partial charge in [0.15, 0.2) is 0 Å². The zero-order valence-corrected chi connectivity index (χ0v) is 11.7. The van der Waals surface area contributed by atoms with Crippen molar-refractivity contribution in [2.45, 2.75) is 6.92 Å². The van der Waals surface area contributed by atoms with Crippen LogP contribution in [0.1, 0.15) is 11.1 Å². The van der Waals surface area contributed by atoms with Crippen LogP contribution in [0, 0.1) is 18.3 Å². The Balaban J connectivity index is 3.03. The average molecular weight is 276 g/mol. The van der Waals surface area contributed by atoms with Crippen LogP contribution in [-0.4, -0.2) is 39.2 Å². The highest BCUT2D eigenvalue weighted by atomic mass is 16.5. The van der Waals surface area contributed by atoms with Gasteiger partial charge in [0.25, 0.3) is 0 Å². The maximum atomic E-state index is 11.4. The molecule has 0 bridgehead atoms. The normalized spacial score (nSPS) is 9.50. The first-order valence-electron chi connectivity index (χ1n) is 5.91. The number of aryl methyl sites for hydroxylation is 1. The van der Waals surface area contributed by atoms with Gasteiger partial charge in [-0.2, -0.15) is 5.26 Å². The molecule has 0 saturated carbocycles. The van der Waals surface area contributed by atoms with Crippen LogP contribution in [0.25, 0.3) is 0 Å². The van der Waals surface area contributed by atoms with Crippen LogP contribution in [-0.2, 0) is 19.1 Å². The number of carbonyl (C=O) groups is 2. The predicted octanol–water partition coefficient (Wildman–Crippen LogP) is 1.02. The summed E-state index contributed by atoms with van der Waals surface area (Å²) in [5.74, 6) is -0.924. The van der Waals surface area contributed by atoms with Crippen LogP contribution in [0.15, 0.2) is 18.2 Å². The molecule has 0 atom stereocenters. The van der Waals surface area contributed by atoms with Crippen molar-refractivity contribution in [3.63, 3.8) is 0 Å². The first-order chi connectivity index (χ1) is 9.51. The van der Waals surface area contributed by atoms with Gasteiger partial charge < -0.3 is 14.4 Å². The van der Waals surface area contributed by atoms with Crippen LogP contribution in [0.4, 0.5) is 5.69 Å². The molecule has 0 N–H and O–H groups in total. The van der Waals surface area contributed by atoms with Crippen LogP contribution >= 0.6 is 0 Å². The van der Waals surface area contributed by atoms with E-state index in [0.717, 1.165) is 5.56 Å². The maximum absolute atomic E-state index is 11.4. The van der Waals surface area contributed by atoms with Crippen molar-refractivity contribution in [3.8, 4) is 6.07 Å². The van der Waals surface area contributed by atoms with Gasteiger partial charge in [-0.15, -0.1) is 0 Å². The predicted molar refractivity (Wildman–Crippen MR) is 72.1 cm³/mol. The monoisotopic (exact) mass is 276 g/mol. The third kappa shape index (κ3) is 3.99. The summed E-state index contributed by atoms with van der Waals surface area (Å²) in [7, 11) is 2.56. The number of rotatable bonds is 5. The number of nitriles is 1. The second kappa shape index (κ2) is 7.14. The van der Waals surface area contributed by atoms with Crippen LogP contribution in [0.5, 0.6) is 0 Å². The molecule has 20 heavy (non-hydrogen) atoms. The fourth-order valence-corrected chi connectivity index (χ4v) is 1.65. The van der Waals surface area contributed by atoms with Gasteiger partial charge in [-0.3, -0.25) is 9.59 Å². The summed E-state index contributed by atoms with van der Waals surface area (Å²) in [5.41, 5.74) is 1.96. The number of methoxy groups -OCH3 is 2. The number of benzene rings is 1. The topological polar surface area (TPSA) is 79.6 Å². The maximum Gasteiger partial charge on any atom is 0.325 e. The molecular formula is C14H16N2O4. The van der Waals surface area contributed by atoms with E-state index in [1.54, 1.807) is 25.1 Å². The van der Waals surface area contributed by atoms with Crippen molar-refractivity contribution in [1.29, 1.82) is 5.26 Å². The second-order valence-corrected chi connectivity index (χ2v) is 4.12. The highest BCUT2D eigenvalue weighted by Crippen LogP contribution is 2.19. The minimum atomic E-state index is -0.462. The lowest BCUT2D eigenvalue weighted by Crippen LogP contribution is -2.35. The Bertz CT molecular complexity index is 531. The van der Waals surface area contributed by atoms with Crippen molar-refractivity contribution in [3.05, 3.63) is 29.3 Å². The van der Waals surface area contributed by atoms with E-state index < -0.39 is 11.9 Å². The molecule has 0 heterocycles. The summed E-state index contributed by atoms with van der Waals surface area (Å²) in [5, 5.41) is 8.90. The minimum absolute atomic E-state index is 0.0725. The summed E-state index contributed by atoms with van der Waals surface area (Å²) >= 11 is 0. The molecule has 6 heteroatoms. The van der Waals surface area contributed by atoms with E-state index in [0.29, 0.717) is 11.3 Å². The molecule has 0 amide bonds. The average Bonchev–Trinajstić information content (AvgIpc) is 2.45. The summed E-state index contributed by atoms with van der Waals surface area (Å²) in [4.78, 5) is 24.3. The molecule has 0 aliphatic rings. The van der Waals surface area contributed by atoms with E-state index in [-0.39, 0.29) is 13.1 Å². The Kier molecular flexibility index (Phi) is 5.54. The molecule has 0 unspecified atom stereocenters. The van der Waals surface area contributed by atoms with Gasteiger partial charge in [0, 0.05) is 5.69 Å². The Morgan fingerprint density at radius 3 is 2.15 bits per heavy atom. The van der Waals surface area contributed by atoms with Crippen molar-refractivity contribution in [2.75, 3.05) is 32.2 Å². The van der Waals surface area contributed by atoms with Crippen molar-refractivity contribution < 1.29 is 19.1 Å². The number of nitrogens with zero attached hydrogens (tertiary/aromatic N) is 2. The zero-order chi connectivity index (χ0) is 15.1. The molecule has 0 aliphatic heterocycles. The largest absolute Gasteiger partial charge is 0.468 e. The fourth-order valence-electron chi connectivity index (χ4n) is 1.65. The number of hydrogen-bond donors (Lipinski definition) is 0. The summed E-state index contributed by atoms with van der Waals surface area (Å²) in [6.07, 6.45) is 0. The van der Waals surface area contributed by atoms with Gasteiger partial charge in [-0.25, -0.2) is 0 Å². The molecule has 6 nitrogen and oxygen atoms in total. The van der Waals surface area contributed by atoms with E-state index >= 15 is 0 Å². The standard InChI is InChI=1S/C14H16N2O4/c1-10-6-12(5-4-11(10)7-15)16(8-13(17)19-2)9-14(18)20-3/h4-6H,8-9H2,1-3H3. The molecule has 0 aromatic heterocycles. The van der Waals surface area contributed by atoms with Crippen molar-refractivity contribution in [2.24, 2.45) is 0 Å². The lowest BCUT2D eigenvalue weighted by molar-refractivity contribution is -0.140. The Hall–Kier alpha value is -2.55. The smallest absolute Gasteiger partial charge is 0.325 e. The highest BCUT2D eigenvalue weighted by molar-refractivity contribution is 5.81. The molecule has 1 aromatic carbocycles. The van der Waals surface area contributed by atoms with Crippen LogP contribution in [0.3, 0.4) is 0 Å². The van der Waals surface area contributed by atoms with Gasteiger partial charge in [-0.05, 0) is 30.7 Å². The molecule has 0 radical (unpaired) electrons. The first kappa shape index (κ1) is 15.5. The van der Waals surface area contributed by atoms with E-state index in [1.165, 1.54) is 19.1 Å². The molecule has 0 spiro atoms. The molecular weight excluding hydrogens is 260 g/mol. The molecule has 1 aromatic rings. The highest BCUT2D eigenvalue weighted by Gasteiger charge is 2.16. The molecule has 106 valence electrons. The third-order valence-electron chi connectivity index (χ3n) is 2.79. The van der Waals surface area contributed by atoms with Gasteiger partial charge >= 0.3 is 11.9 Å². The Morgan fingerprint density at radius 2 is 1.75 bits per heavy atom. The van der Waals surface area contributed by atoms with Crippen molar-refractivity contribution >= 4 is 17.6 Å². The van der Waals surface area contributed by atoms with Crippen LogP contribution < -0.4 is 4.90 Å². The van der Waals surface area contributed by atoms with Gasteiger partial charge in [0.05, 0.1) is 25.9 Å². The van der Waals surface area contributed by atoms with Crippen LogP contribution in [0.2, 0.25) is 0 Å². The lowest BCUT2D eigenvalue weighted by atomic mass is 10.1. The zero-order valence-electron chi connectivity index (χ0n) is 11.7. The van der Waals surface area contributed by atoms with E-state index in [2.05, 4.69) is 15.5 Å². The molecule has 0 saturated heterocycles. The summed E-state index contributed by atoms with van der Waals surface area (Å²) in [6, 6.07) is 7.13. The number of carbonyl (C=O) groups excluding carboxylic acids is 2. The SMILES string of the molecule is COC(=O)CN(CC(=O)OC)c1ccc(C#N)c(C)c1. The number of hydrogen-bond acceptors (Lipinski definition) is 6. The molecule has 0 fully saturated rings.